The molecule has 8 nitrogen and oxygen atoms in total. The van der Waals surface area contributed by atoms with Crippen molar-refractivity contribution in [1.29, 1.82) is 0 Å². The minimum atomic E-state index is -0.780. The molecule has 0 aromatic carbocycles. The van der Waals surface area contributed by atoms with Gasteiger partial charge in [0.2, 0.25) is 5.91 Å². The first kappa shape index (κ1) is 19.3. The van der Waals surface area contributed by atoms with E-state index in [2.05, 4.69) is 27.4 Å². The molecule has 0 bridgehead atoms. The third-order valence-corrected chi connectivity index (χ3v) is 6.74. The number of anilines is 1. The summed E-state index contributed by atoms with van der Waals surface area (Å²) in [7, 11) is 0. The van der Waals surface area contributed by atoms with Gasteiger partial charge in [-0.05, 0) is 38.1 Å². The van der Waals surface area contributed by atoms with E-state index in [1.807, 2.05) is 5.38 Å². The second-order valence-electron chi connectivity index (χ2n) is 8.29. The Labute approximate surface area is 168 Å². The van der Waals surface area contributed by atoms with E-state index in [4.69, 9.17) is 0 Å². The molecular weight excluding hydrogens is 378 g/mol. The molecule has 2 N–H and O–H groups in total. The Hall–Kier alpha value is -2.00. The number of rotatable bonds is 5. The molecule has 3 heterocycles. The number of amides is 4. The lowest BCUT2D eigenvalue weighted by Crippen LogP contribution is -2.44. The topological polar surface area (TPSA) is 94.6 Å². The van der Waals surface area contributed by atoms with Crippen LogP contribution in [0, 0.1) is 5.92 Å². The number of piperidine rings is 1. The van der Waals surface area contributed by atoms with E-state index >= 15 is 0 Å². The SMILES string of the molecule is C[C@H]1CCCN(Cc2csc(NC(=O)CN3C(=O)NC4(CCCC4)C3=O)n2)C1. The first-order chi connectivity index (χ1) is 13.4. The van der Waals surface area contributed by atoms with E-state index in [9.17, 15) is 14.4 Å². The maximum absolute atomic E-state index is 12.6. The highest BCUT2D eigenvalue weighted by Gasteiger charge is 2.52. The largest absolute Gasteiger partial charge is 0.325 e. The maximum Gasteiger partial charge on any atom is 0.325 e. The zero-order valence-corrected chi connectivity index (χ0v) is 17.0. The molecule has 4 rings (SSSR count). The van der Waals surface area contributed by atoms with Gasteiger partial charge >= 0.3 is 6.03 Å². The summed E-state index contributed by atoms with van der Waals surface area (Å²) in [4.78, 5) is 45.1. The molecule has 28 heavy (non-hydrogen) atoms. The molecule has 1 spiro atoms. The highest BCUT2D eigenvalue weighted by atomic mass is 32.1. The number of aromatic nitrogens is 1. The third kappa shape index (κ3) is 3.91. The molecule has 1 aromatic heterocycles. The first-order valence-electron chi connectivity index (χ1n) is 10.1. The summed E-state index contributed by atoms with van der Waals surface area (Å²) >= 11 is 1.37. The predicted molar refractivity (Wildman–Crippen MR) is 106 cm³/mol. The minimum absolute atomic E-state index is 0.273. The molecule has 4 amide bonds. The lowest BCUT2D eigenvalue weighted by atomic mass is 9.98. The number of urea groups is 1. The van der Waals surface area contributed by atoms with Crippen molar-refractivity contribution in [2.24, 2.45) is 5.92 Å². The van der Waals surface area contributed by atoms with Crippen molar-refractivity contribution in [2.45, 2.75) is 57.5 Å². The van der Waals surface area contributed by atoms with Gasteiger partial charge in [0.15, 0.2) is 5.13 Å². The summed E-state index contributed by atoms with van der Waals surface area (Å²) in [6, 6.07) is -0.471. The van der Waals surface area contributed by atoms with Crippen LogP contribution in [-0.2, 0) is 16.1 Å². The molecule has 3 fully saturated rings. The van der Waals surface area contributed by atoms with Gasteiger partial charge in [-0.15, -0.1) is 11.3 Å². The van der Waals surface area contributed by atoms with Crippen LogP contribution in [0.4, 0.5) is 9.93 Å². The molecule has 0 radical (unpaired) electrons. The van der Waals surface area contributed by atoms with Gasteiger partial charge in [0, 0.05) is 18.5 Å². The van der Waals surface area contributed by atoms with Crippen LogP contribution in [0.2, 0.25) is 0 Å². The maximum atomic E-state index is 12.6. The van der Waals surface area contributed by atoms with Crippen molar-refractivity contribution in [3.8, 4) is 0 Å². The van der Waals surface area contributed by atoms with E-state index in [-0.39, 0.29) is 12.5 Å². The lowest BCUT2D eigenvalue weighted by Gasteiger charge is -2.30. The predicted octanol–water partition coefficient (Wildman–Crippen LogP) is 2.18. The van der Waals surface area contributed by atoms with Crippen LogP contribution in [0.15, 0.2) is 5.38 Å². The minimum Gasteiger partial charge on any atom is -0.323 e. The average Bonchev–Trinajstić information content (AvgIpc) is 3.34. The number of carbonyl (C=O) groups is 3. The average molecular weight is 406 g/mol. The van der Waals surface area contributed by atoms with Crippen molar-refractivity contribution in [3.05, 3.63) is 11.1 Å². The number of likely N-dealkylation sites (tertiary alicyclic amines) is 1. The number of nitrogens with one attached hydrogen (secondary N) is 2. The Kier molecular flexibility index (Phi) is 5.37. The monoisotopic (exact) mass is 405 g/mol. The molecule has 9 heteroatoms. The Balaban J connectivity index is 1.31. The van der Waals surface area contributed by atoms with Crippen molar-refractivity contribution in [3.63, 3.8) is 0 Å². The molecule has 2 aliphatic heterocycles. The standard InChI is InChI=1S/C19H27N5O3S/c1-13-5-4-8-23(9-13)10-14-12-28-17(20-14)21-15(25)11-24-16(26)19(22-18(24)27)6-2-3-7-19/h12-13H,2-11H2,1H3,(H,22,27)(H,20,21,25)/t13-/m0/s1. The number of nitrogens with zero attached hydrogens (tertiary/aromatic N) is 3. The highest BCUT2D eigenvalue weighted by molar-refractivity contribution is 7.13. The summed E-state index contributed by atoms with van der Waals surface area (Å²) in [6.45, 7) is 4.94. The zero-order chi connectivity index (χ0) is 19.7. The van der Waals surface area contributed by atoms with Crippen molar-refractivity contribution in [2.75, 3.05) is 25.0 Å². The number of hydrogen-bond donors (Lipinski definition) is 2. The molecule has 152 valence electrons. The molecule has 1 atom stereocenters. The fraction of sp³-hybridized carbons (Fsp3) is 0.684. The van der Waals surface area contributed by atoms with E-state index < -0.39 is 17.5 Å². The summed E-state index contributed by atoms with van der Waals surface area (Å²) < 4.78 is 0. The molecule has 1 saturated carbocycles. The number of thiazole rings is 1. The quantitative estimate of drug-likeness (QED) is 0.732. The summed E-state index contributed by atoms with van der Waals surface area (Å²) in [5, 5.41) is 7.98. The van der Waals surface area contributed by atoms with Crippen LogP contribution in [-0.4, -0.2) is 57.8 Å². The van der Waals surface area contributed by atoms with Gasteiger partial charge in [-0.3, -0.25) is 19.4 Å². The Bertz CT molecular complexity index is 773. The van der Waals surface area contributed by atoms with Gasteiger partial charge in [-0.2, -0.15) is 0 Å². The molecular formula is C19H27N5O3S. The number of carbonyl (C=O) groups excluding carboxylic acids is 3. The second kappa shape index (κ2) is 7.79. The lowest BCUT2D eigenvalue weighted by molar-refractivity contribution is -0.133. The summed E-state index contributed by atoms with van der Waals surface area (Å²) in [5.41, 5.74) is 0.159. The number of imide groups is 1. The highest BCUT2D eigenvalue weighted by Crippen LogP contribution is 2.35. The fourth-order valence-electron chi connectivity index (χ4n) is 4.54. The van der Waals surface area contributed by atoms with Gasteiger partial charge in [-0.1, -0.05) is 19.8 Å². The zero-order valence-electron chi connectivity index (χ0n) is 16.2. The Morgan fingerprint density at radius 2 is 2.14 bits per heavy atom. The van der Waals surface area contributed by atoms with Crippen LogP contribution in [0.1, 0.15) is 51.1 Å². The smallest absolute Gasteiger partial charge is 0.323 e. The Morgan fingerprint density at radius 1 is 1.36 bits per heavy atom. The molecule has 0 unspecified atom stereocenters. The van der Waals surface area contributed by atoms with Gasteiger partial charge in [0.1, 0.15) is 12.1 Å². The van der Waals surface area contributed by atoms with Gasteiger partial charge in [-0.25, -0.2) is 9.78 Å². The fourth-order valence-corrected chi connectivity index (χ4v) is 5.25. The van der Waals surface area contributed by atoms with Gasteiger partial charge in [0.05, 0.1) is 5.69 Å². The van der Waals surface area contributed by atoms with E-state index in [0.29, 0.717) is 23.9 Å². The van der Waals surface area contributed by atoms with E-state index in [1.165, 1.54) is 24.2 Å². The normalized spacial score (nSPS) is 24.8. The van der Waals surface area contributed by atoms with Crippen molar-refractivity contribution < 1.29 is 14.4 Å². The molecule has 3 aliphatic rings. The van der Waals surface area contributed by atoms with Gasteiger partial charge in [0.25, 0.3) is 5.91 Å². The summed E-state index contributed by atoms with van der Waals surface area (Å²) in [5.74, 6) is 0.0362. The molecule has 1 aromatic rings. The summed E-state index contributed by atoms with van der Waals surface area (Å²) in [6.07, 6.45) is 5.63. The van der Waals surface area contributed by atoms with E-state index in [0.717, 1.165) is 43.1 Å². The Morgan fingerprint density at radius 3 is 2.89 bits per heavy atom. The van der Waals surface area contributed by atoms with Crippen LogP contribution in [0.3, 0.4) is 0 Å². The van der Waals surface area contributed by atoms with E-state index in [1.54, 1.807) is 0 Å². The second-order valence-corrected chi connectivity index (χ2v) is 9.14. The van der Waals surface area contributed by atoms with Crippen LogP contribution in [0.5, 0.6) is 0 Å². The van der Waals surface area contributed by atoms with Crippen molar-refractivity contribution in [1.82, 2.24) is 20.1 Å². The van der Waals surface area contributed by atoms with Crippen molar-refractivity contribution >= 4 is 34.3 Å². The molecule has 2 saturated heterocycles. The van der Waals surface area contributed by atoms with Crippen LogP contribution >= 0.6 is 11.3 Å². The number of hydrogen-bond acceptors (Lipinski definition) is 6. The molecule has 1 aliphatic carbocycles. The van der Waals surface area contributed by atoms with Crippen LogP contribution in [0.25, 0.3) is 0 Å². The van der Waals surface area contributed by atoms with Crippen LogP contribution < -0.4 is 10.6 Å². The first-order valence-corrected chi connectivity index (χ1v) is 10.9. The third-order valence-electron chi connectivity index (χ3n) is 5.93. The van der Waals surface area contributed by atoms with Gasteiger partial charge < -0.3 is 10.6 Å².